The molecule has 0 nitrogen and oxygen atoms in total. The van der Waals surface area contributed by atoms with Crippen LogP contribution in [0.4, 0.5) is 4.39 Å². The Morgan fingerprint density at radius 3 is 1.75 bits per heavy atom. The van der Waals surface area contributed by atoms with Crippen LogP contribution in [0.3, 0.4) is 0 Å². The summed E-state index contributed by atoms with van der Waals surface area (Å²) in [6.07, 6.45) is 0. The van der Waals surface area contributed by atoms with Gasteiger partial charge in [0.1, 0.15) is 0 Å². The second-order valence-corrected chi connectivity index (χ2v) is 0.267. The van der Waals surface area contributed by atoms with Crippen molar-refractivity contribution in [1.29, 1.82) is 0 Å². The normalized spacial score (nSPS) is 4.50. The van der Waals surface area contributed by atoms with Gasteiger partial charge in [0.2, 0.25) is 0 Å². The van der Waals surface area contributed by atoms with Crippen LogP contribution < -0.4 is 0 Å². The Kier molecular flexibility index (Phi) is 21.2. The van der Waals surface area contributed by atoms with Crippen LogP contribution in [0.25, 0.3) is 0 Å². The van der Waals surface area contributed by atoms with E-state index in [0.717, 1.165) is 0 Å². The summed E-state index contributed by atoms with van der Waals surface area (Å²) in [5.74, 6) is 0. The zero-order valence-electron chi connectivity index (χ0n) is 2.79. The molecule has 0 aliphatic carbocycles. The Hall–Kier alpha value is 0.553. The van der Waals surface area contributed by atoms with Crippen molar-refractivity contribution in [2.75, 3.05) is 6.67 Å². The average molecular weight is 113 g/mol. The molecule has 0 saturated carbocycles. The van der Waals surface area contributed by atoms with Gasteiger partial charge in [-0.05, 0) is 6.92 Å². The van der Waals surface area contributed by atoms with Crippen LogP contribution in [0.15, 0.2) is 0 Å². The summed E-state index contributed by atoms with van der Waals surface area (Å²) in [6, 6.07) is 0. The van der Waals surface area contributed by atoms with Crippen molar-refractivity contribution in [3.05, 3.63) is 0 Å². The largest absolute Gasteiger partial charge is 0.251 e. The van der Waals surface area contributed by atoms with Gasteiger partial charge in [0.15, 0.2) is 0 Å². The second kappa shape index (κ2) is 9.60. The van der Waals surface area contributed by atoms with Crippen LogP contribution in [0.2, 0.25) is 0 Å². The molecule has 0 aliphatic rings. The molecule has 0 rings (SSSR count). The predicted molar refractivity (Wildman–Crippen MR) is 11.6 cm³/mol. The van der Waals surface area contributed by atoms with Gasteiger partial charge in [-0.25, -0.2) is 0 Å². The second-order valence-electron chi connectivity index (χ2n) is 0.267. The predicted octanol–water partition coefficient (Wildman–Crippen LogP) is 0.973. The summed E-state index contributed by atoms with van der Waals surface area (Å²) in [4.78, 5) is 0. The van der Waals surface area contributed by atoms with Crippen molar-refractivity contribution >= 4 is 0 Å². The molecule has 0 aromatic heterocycles. The van der Waals surface area contributed by atoms with Crippen molar-refractivity contribution in [2.24, 2.45) is 0 Å². The molecule has 0 amide bonds. The van der Waals surface area contributed by atoms with Crippen LogP contribution in [0.5, 0.6) is 0 Å². The van der Waals surface area contributed by atoms with Gasteiger partial charge < -0.3 is 0 Å². The van der Waals surface area contributed by atoms with Gasteiger partial charge in [-0.2, -0.15) is 0 Å². The molecule has 0 aromatic carbocycles. The number of hydrogen-bond acceptors (Lipinski definition) is 0. The first-order chi connectivity index (χ1) is 1.41. The minimum absolute atomic E-state index is 0. The molecule has 0 N–H and O–H groups in total. The zero-order chi connectivity index (χ0) is 2.71. The SMILES string of the molecule is CCF.[Zn]. The molecule has 0 saturated heterocycles. The molecule has 0 fully saturated rings. The first-order valence-corrected chi connectivity index (χ1v) is 0.974. The third-order valence-electron chi connectivity index (χ3n) is 0. The topological polar surface area (TPSA) is 0 Å². The molecular formula is C2H5FZn. The smallest absolute Gasteiger partial charge is 0.0866 e. The van der Waals surface area contributed by atoms with Gasteiger partial charge in [0.05, 0.1) is 6.67 Å². The zero-order valence-corrected chi connectivity index (χ0v) is 5.76. The van der Waals surface area contributed by atoms with E-state index < -0.39 is 0 Å². The van der Waals surface area contributed by atoms with E-state index in [1.165, 1.54) is 6.92 Å². The van der Waals surface area contributed by atoms with Crippen LogP contribution in [0.1, 0.15) is 6.92 Å². The summed E-state index contributed by atoms with van der Waals surface area (Å²) < 4.78 is 10.3. The molecule has 0 atom stereocenters. The number of rotatable bonds is 0. The Labute approximate surface area is 38.2 Å². The summed E-state index contributed by atoms with van der Waals surface area (Å²) in [5, 5.41) is 0. The molecule has 2 heteroatoms. The van der Waals surface area contributed by atoms with E-state index in [9.17, 15) is 4.39 Å². The number of alkyl halides is 1. The summed E-state index contributed by atoms with van der Waals surface area (Å²) >= 11 is 0. The van der Waals surface area contributed by atoms with E-state index in [0.29, 0.717) is 0 Å². The quantitative estimate of drug-likeness (QED) is 0.411. The number of halogens is 1. The standard InChI is InChI=1S/C2H5F.Zn/c1-2-3;/h2H2,1H3;. The average Bonchev–Trinajstić information content (AvgIpc) is 0.918. The van der Waals surface area contributed by atoms with Crippen molar-refractivity contribution in [1.82, 2.24) is 0 Å². The Morgan fingerprint density at radius 1 is 1.75 bits per heavy atom. The summed E-state index contributed by atoms with van der Waals surface area (Å²) in [5.41, 5.74) is 0. The Morgan fingerprint density at radius 2 is 1.75 bits per heavy atom. The molecule has 22 valence electrons. The number of hydrogen-bond donors (Lipinski definition) is 0. The fraction of sp³-hybridized carbons (Fsp3) is 1.00. The molecule has 4 heavy (non-hydrogen) atoms. The Balaban J connectivity index is 0. The Bertz CT molecular complexity index is 6.00. The van der Waals surface area contributed by atoms with Gasteiger partial charge >= 0.3 is 0 Å². The van der Waals surface area contributed by atoms with E-state index >= 15 is 0 Å². The van der Waals surface area contributed by atoms with E-state index in [4.69, 9.17) is 0 Å². The van der Waals surface area contributed by atoms with Gasteiger partial charge in [-0.15, -0.1) is 0 Å². The molecule has 0 aromatic rings. The minimum atomic E-state index is -0.250. The van der Waals surface area contributed by atoms with Crippen LogP contribution in [-0.2, 0) is 19.5 Å². The maximum absolute atomic E-state index is 10.3. The molecule has 0 spiro atoms. The molecule has 0 aliphatic heterocycles. The fourth-order valence-electron chi connectivity index (χ4n) is 0. The minimum Gasteiger partial charge on any atom is -0.251 e. The monoisotopic (exact) mass is 112 g/mol. The van der Waals surface area contributed by atoms with E-state index in [2.05, 4.69) is 0 Å². The van der Waals surface area contributed by atoms with Crippen molar-refractivity contribution in [3.8, 4) is 0 Å². The molecule has 0 bridgehead atoms. The maximum Gasteiger partial charge on any atom is 0.0866 e. The first-order valence-electron chi connectivity index (χ1n) is 0.974. The summed E-state index contributed by atoms with van der Waals surface area (Å²) in [7, 11) is 0. The van der Waals surface area contributed by atoms with Gasteiger partial charge in [0.25, 0.3) is 0 Å². The third-order valence-corrected chi connectivity index (χ3v) is 0. The van der Waals surface area contributed by atoms with Crippen LogP contribution >= 0.6 is 0 Å². The summed E-state index contributed by atoms with van der Waals surface area (Å²) in [6.45, 7) is 1.21. The van der Waals surface area contributed by atoms with E-state index in [1.807, 2.05) is 0 Å². The van der Waals surface area contributed by atoms with Gasteiger partial charge in [0, 0.05) is 19.5 Å². The van der Waals surface area contributed by atoms with Gasteiger partial charge in [-0.1, -0.05) is 0 Å². The first kappa shape index (κ1) is 8.82. The maximum atomic E-state index is 10.3. The molecule has 0 unspecified atom stereocenters. The van der Waals surface area contributed by atoms with E-state index in [1.54, 1.807) is 0 Å². The van der Waals surface area contributed by atoms with E-state index in [-0.39, 0.29) is 26.2 Å². The van der Waals surface area contributed by atoms with Gasteiger partial charge in [-0.3, -0.25) is 4.39 Å². The van der Waals surface area contributed by atoms with Crippen LogP contribution in [-0.4, -0.2) is 6.67 Å². The molecule has 0 heterocycles. The third kappa shape index (κ3) is 20.1. The molecular weight excluding hydrogens is 108 g/mol. The fourth-order valence-corrected chi connectivity index (χ4v) is 0. The van der Waals surface area contributed by atoms with Crippen molar-refractivity contribution in [2.45, 2.75) is 6.92 Å². The molecule has 0 radical (unpaired) electrons. The van der Waals surface area contributed by atoms with Crippen molar-refractivity contribution < 1.29 is 23.9 Å². The van der Waals surface area contributed by atoms with Crippen molar-refractivity contribution in [3.63, 3.8) is 0 Å². The van der Waals surface area contributed by atoms with Crippen LogP contribution in [0, 0.1) is 0 Å².